The first-order valence-corrected chi connectivity index (χ1v) is 12.1. The maximum absolute atomic E-state index is 13.0. The number of ether oxygens (including phenoxy) is 2. The van der Waals surface area contributed by atoms with Gasteiger partial charge in [-0.3, -0.25) is 4.31 Å². The summed E-state index contributed by atoms with van der Waals surface area (Å²) in [5.74, 6) is -0.0738. The second-order valence-corrected chi connectivity index (χ2v) is 9.44. The van der Waals surface area contributed by atoms with E-state index in [-0.39, 0.29) is 17.1 Å². The largest absolute Gasteiger partial charge is 0.495 e. The van der Waals surface area contributed by atoms with E-state index in [9.17, 15) is 13.2 Å². The lowest BCUT2D eigenvalue weighted by Crippen LogP contribution is -2.27. The average molecular weight is 458 g/mol. The first kappa shape index (κ1) is 22.7. The minimum absolute atomic E-state index is 0.0603. The quantitative estimate of drug-likeness (QED) is 0.364. The van der Waals surface area contributed by atoms with Gasteiger partial charge in [-0.25, -0.2) is 13.2 Å². The van der Waals surface area contributed by atoms with Crippen LogP contribution in [-0.2, 0) is 21.4 Å². The summed E-state index contributed by atoms with van der Waals surface area (Å²) in [4.78, 5) is 13.5. The van der Waals surface area contributed by atoms with Gasteiger partial charge in [0.2, 0.25) is 0 Å². The third-order valence-electron chi connectivity index (χ3n) is 4.70. The number of carbonyl (C=O) groups is 1. The number of thioether (sulfide) groups is 1. The summed E-state index contributed by atoms with van der Waals surface area (Å²) in [6.45, 7) is 0.143. The van der Waals surface area contributed by atoms with Crippen LogP contribution in [0, 0.1) is 0 Å². The van der Waals surface area contributed by atoms with Crippen LogP contribution < -0.4 is 9.04 Å². The molecule has 3 aromatic carbocycles. The van der Waals surface area contributed by atoms with Crippen LogP contribution in [0.15, 0.2) is 82.6 Å². The van der Waals surface area contributed by atoms with Crippen molar-refractivity contribution in [2.45, 2.75) is 16.4 Å². The van der Waals surface area contributed by atoms with E-state index < -0.39 is 16.0 Å². The van der Waals surface area contributed by atoms with E-state index in [0.717, 1.165) is 14.8 Å². The fourth-order valence-electron chi connectivity index (χ4n) is 2.89. The van der Waals surface area contributed by atoms with Gasteiger partial charge in [-0.1, -0.05) is 24.3 Å². The number of para-hydroxylation sites is 2. The Labute approximate surface area is 186 Å². The lowest BCUT2D eigenvalue weighted by molar-refractivity contribution is 0.0472. The van der Waals surface area contributed by atoms with Gasteiger partial charge in [0.15, 0.2) is 0 Å². The number of methoxy groups -OCH3 is 1. The molecule has 0 aliphatic carbocycles. The molecule has 3 rings (SSSR count). The van der Waals surface area contributed by atoms with Gasteiger partial charge in [-0.2, -0.15) is 0 Å². The highest BCUT2D eigenvalue weighted by molar-refractivity contribution is 7.98. The number of carbonyl (C=O) groups excluding carboxylic acids is 1. The zero-order valence-electron chi connectivity index (χ0n) is 17.4. The molecule has 0 spiro atoms. The minimum Gasteiger partial charge on any atom is -0.495 e. The molecule has 0 aliphatic rings. The summed E-state index contributed by atoms with van der Waals surface area (Å²) in [5.41, 5.74) is 1.57. The number of anilines is 1. The molecule has 0 saturated heterocycles. The maximum atomic E-state index is 13.0. The molecular weight excluding hydrogens is 434 g/mol. The molecule has 0 atom stereocenters. The highest BCUT2D eigenvalue weighted by Gasteiger charge is 2.24. The van der Waals surface area contributed by atoms with Crippen LogP contribution in [0.3, 0.4) is 0 Å². The summed E-state index contributed by atoms with van der Waals surface area (Å²) < 4.78 is 37.7. The van der Waals surface area contributed by atoms with Gasteiger partial charge in [-0.15, -0.1) is 11.8 Å². The fraction of sp³-hybridized carbons (Fsp3) is 0.174. The zero-order valence-corrected chi connectivity index (χ0v) is 19.1. The molecule has 6 nitrogen and oxygen atoms in total. The van der Waals surface area contributed by atoms with Crippen LogP contribution >= 0.6 is 11.8 Å². The summed E-state index contributed by atoms with van der Waals surface area (Å²) in [6.07, 6.45) is 1.99. The number of benzene rings is 3. The van der Waals surface area contributed by atoms with Crippen LogP contribution in [0.2, 0.25) is 0 Å². The van der Waals surface area contributed by atoms with Crippen molar-refractivity contribution in [1.29, 1.82) is 0 Å². The molecule has 8 heteroatoms. The Morgan fingerprint density at radius 3 is 2.23 bits per heavy atom. The van der Waals surface area contributed by atoms with Gasteiger partial charge in [0.25, 0.3) is 10.0 Å². The number of esters is 1. The number of hydrogen-bond acceptors (Lipinski definition) is 6. The molecule has 31 heavy (non-hydrogen) atoms. The van der Waals surface area contributed by atoms with Crippen molar-refractivity contribution < 1.29 is 22.7 Å². The minimum atomic E-state index is -3.83. The summed E-state index contributed by atoms with van der Waals surface area (Å²) in [6, 6.07) is 20.3. The van der Waals surface area contributed by atoms with E-state index in [1.807, 2.05) is 30.5 Å². The maximum Gasteiger partial charge on any atom is 0.338 e. The summed E-state index contributed by atoms with van der Waals surface area (Å²) >= 11 is 1.64. The molecule has 0 fully saturated rings. The Hall–Kier alpha value is -2.97. The van der Waals surface area contributed by atoms with Crippen molar-refractivity contribution in [3.63, 3.8) is 0 Å². The van der Waals surface area contributed by atoms with Crippen LogP contribution in [-0.4, -0.2) is 34.8 Å². The third-order valence-corrected chi connectivity index (χ3v) is 7.23. The molecule has 0 N–H and O–H groups in total. The predicted octanol–water partition coefficient (Wildman–Crippen LogP) is 4.60. The standard InChI is InChI=1S/C23H23NO5S2/c1-24(21-6-4-5-7-22(21)28-2)31(26,27)20-14-10-18(11-15-20)23(25)29-16-17-8-12-19(30-3)13-9-17/h4-15H,16H2,1-3H3. The second kappa shape index (κ2) is 9.89. The number of hydrogen-bond donors (Lipinski definition) is 0. The molecule has 0 aliphatic heterocycles. The van der Waals surface area contributed by atoms with Crippen LogP contribution in [0.4, 0.5) is 5.69 Å². The smallest absolute Gasteiger partial charge is 0.338 e. The van der Waals surface area contributed by atoms with Crippen LogP contribution in [0.5, 0.6) is 5.75 Å². The van der Waals surface area contributed by atoms with Gasteiger partial charge >= 0.3 is 5.97 Å². The number of nitrogens with zero attached hydrogens (tertiary/aromatic N) is 1. The van der Waals surface area contributed by atoms with E-state index in [0.29, 0.717) is 11.4 Å². The second-order valence-electron chi connectivity index (χ2n) is 6.59. The average Bonchev–Trinajstić information content (AvgIpc) is 2.82. The van der Waals surface area contributed by atoms with Crippen molar-refractivity contribution in [3.05, 3.63) is 83.9 Å². The van der Waals surface area contributed by atoms with Crippen molar-refractivity contribution in [2.75, 3.05) is 24.7 Å². The SMILES string of the molecule is COc1ccccc1N(C)S(=O)(=O)c1ccc(C(=O)OCc2ccc(SC)cc2)cc1. The molecule has 162 valence electrons. The predicted molar refractivity (Wildman–Crippen MR) is 122 cm³/mol. The summed E-state index contributed by atoms with van der Waals surface area (Å²) in [5, 5.41) is 0. The van der Waals surface area contributed by atoms with E-state index in [4.69, 9.17) is 9.47 Å². The Morgan fingerprint density at radius 1 is 0.968 bits per heavy atom. The Kier molecular flexibility index (Phi) is 7.25. The molecule has 0 bridgehead atoms. The highest BCUT2D eigenvalue weighted by atomic mass is 32.2. The topological polar surface area (TPSA) is 72.9 Å². The first-order valence-electron chi connectivity index (χ1n) is 9.39. The van der Waals surface area contributed by atoms with Gasteiger partial charge in [-0.05, 0) is 60.4 Å². The lowest BCUT2D eigenvalue weighted by Gasteiger charge is -2.21. The fourth-order valence-corrected chi connectivity index (χ4v) is 4.51. The highest BCUT2D eigenvalue weighted by Crippen LogP contribution is 2.30. The molecule has 0 heterocycles. The van der Waals surface area contributed by atoms with Crippen LogP contribution in [0.1, 0.15) is 15.9 Å². The molecule has 0 saturated carbocycles. The Balaban J connectivity index is 1.71. The van der Waals surface area contributed by atoms with E-state index in [1.54, 1.807) is 36.0 Å². The van der Waals surface area contributed by atoms with E-state index in [1.165, 1.54) is 38.4 Å². The number of rotatable bonds is 8. The van der Waals surface area contributed by atoms with Crippen LogP contribution in [0.25, 0.3) is 0 Å². The van der Waals surface area contributed by atoms with E-state index in [2.05, 4.69) is 0 Å². The molecular formula is C23H23NO5S2. The van der Waals surface area contributed by atoms with Gasteiger partial charge < -0.3 is 9.47 Å². The monoisotopic (exact) mass is 457 g/mol. The Bertz CT molecular complexity index is 1140. The normalized spacial score (nSPS) is 11.1. The number of sulfonamides is 1. The van der Waals surface area contributed by atoms with Crippen molar-refractivity contribution >= 4 is 33.4 Å². The van der Waals surface area contributed by atoms with Crippen molar-refractivity contribution in [1.82, 2.24) is 0 Å². The molecule has 0 amide bonds. The van der Waals surface area contributed by atoms with Gasteiger partial charge in [0, 0.05) is 11.9 Å². The molecule has 0 radical (unpaired) electrons. The van der Waals surface area contributed by atoms with E-state index >= 15 is 0 Å². The summed E-state index contributed by atoms with van der Waals surface area (Å²) in [7, 11) is -0.891. The van der Waals surface area contributed by atoms with Gasteiger partial charge in [0.05, 0.1) is 23.3 Å². The lowest BCUT2D eigenvalue weighted by atomic mass is 10.2. The zero-order chi connectivity index (χ0) is 22.4. The third kappa shape index (κ3) is 5.21. The molecule has 0 unspecified atom stereocenters. The van der Waals surface area contributed by atoms with Crippen molar-refractivity contribution in [2.24, 2.45) is 0 Å². The molecule has 0 aromatic heterocycles. The molecule has 3 aromatic rings. The first-order chi connectivity index (χ1) is 14.9. The Morgan fingerprint density at radius 2 is 1.61 bits per heavy atom. The van der Waals surface area contributed by atoms with Crippen molar-refractivity contribution in [3.8, 4) is 5.75 Å². The van der Waals surface area contributed by atoms with Gasteiger partial charge in [0.1, 0.15) is 12.4 Å².